The van der Waals surface area contributed by atoms with Crippen molar-refractivity contribution in [3.8, 4) is 0 Å². The Balaban J connectivity index is 1.75. The number of thiocarbonyl (C=S) groups is 1. The molecule has 5 atom stereocenters. The van der Waals surface area contributed by atoms with Gasteiger partial charge in [-0.3, -0.25) is 0 Å². The van der Waals surface area contributed by atoms with Gasteiger partial charge < -0.3 is 28.6 Å². The average Bonchev–Trinajstić information content (AvgIpc) is 3.01. The molecule has 0 spiro atoms. The van der Waals surface area contributed by atoms with Gasteiger partial charge >= 0.3 is 0 Å². The topological polar surface area (TPSA) is 49.4 Å². The first-order valence-electron chi connectivity index (χ1n) is 8.11. The lowest BCUT2D eigenvalue weighted by atomic mass is 10.0. The molecular weight excluding hydrogens is 318 g/mol. The van der Waals surface area contributed by atoms with E-state index in [-0.39, 0.29) is 30.5 Å². The lowest BCUT2D eigenvalue weighted by molar-refractivity contribution is -0.205. The molecule has 0 saturated carbocycles. The first kappa shape index (κ1) is 17.5. The predicted molar refractivity (Wildman–Crippen MR) is 88.3 cm³/mol. The highest BCUT2D eigenvalue weighted by Gasteiger charge is 2.58. The van der Waals surface area contributed by atoms with Gasteiger partial charge in [-0.1, -0.05) is 12.2 Å². The van der Waals surface area contributed by atoms with Crippen molar-refractivity contribution in [2.24, 2.45) is 0 Å². The van der Waals surface area contributed by atoms with Gasteiger partial charge in [-0.2, -0.15) is 0 Å². The fourth-order valence-corrected chi connectivity index (χ4v) is 3.58. The van der Waals surface area contributed by atoms with Crippen molar-refractivity contribution in [2.75, 3.05) is 20.7 Å². The highest BCUT2D eigenvalue weighted by Crippen LogP contribution is 2.43. The quantitative estimate of drug-likeness (QED) is 0.722. The van der Waals surface area contributed by atoms with Gasteiger partial charge in [0.25, 0.3) is 0 Å². The number of hydrogen-bond donors (Lipinski definition) is 0. The molecule has 3 rings (SSSR count). The number of ether oxygens (including phenoxy) is 5. The van der Waals surface area contributed by atoms with Gasteiger partial charge in [0.2, 0.25) is 0 Å². The predicted octanol–water partition coefficient (Wildman–Crippen LogP) is 1.70. The second-order valence-electron chi connectivity index (χ2n) is 7.56. The van der Waals surface area contributed by atoms with Crippen LogP contribution in [0.5, 0.6) is 0 Å². The van der Waals surface area contributed by atoms with E-state index < -0.39 is 11.6 Å². The number of nitrogens with zero attached hydrogens (tertiary/aromatic N) is 1. The van der Waals surface area contributed by atoms with Gasteiger partial charge in [-0.15, -0.1) is 0 Å². The van der Waals surface area contributed by atoms with E-state index in [2.05, 4.69) is 0 Å². The van der Waals surface area contributed by atoms with E-state index in [0.717, 1.165) is 4.99 Å². The molecule has 0 radical (unpaired) electrons. The maximum atomic E-state index is 6.25. The first-order valence-corrected chi connectivity index (χ1v) is 8.52. The van der Waals surface area contributed by atoms with E-state index in [4.69, 9.17) is 35.9 Å². The third-order valence-electron chi connectivity index (χ3n) is 4.46. The van der Waals surface area contributed by atoms with E-state index in [1.165, 1.54) is 0 Å². The number of rotatable bonds is 3. The van der Waals surface area contributed by atoms with Crippen molar-refractivity contribution < 1.29 is 23.7 Å². The van der Waals surface area contributed by atoms with Gasteiger partial charge in [0, 0.05) is 20.5 Å². The normalized spacial score (nSPS) is 41.0. The molecule has 3 fully saturated rings. The molecule has 3 saturated heterocycles. The van der Waals surface area contributed by atoms with Crippen LogP contribution in [0.25, 0.3) is 0 Å². The summed E-state index contributed by atoms with van der Waals surface area (Å²) in [5, 5.41) is 0. The van der Waals surface area contributed by atoms with Gasteiger partial charge in [-0.05, 0) is 27.7 Å². The molecule has 3 heterocycles. The monoisotopic (exact) mass is 345 g/mol. The minimum absolute atomic E-state index is 0.131. The Morgan fingerprint density at radius 1 is 1.00 bits per heavy atom. The first-order chi connectivity index (χ1) is 10.6. The van der Waals surface area contributed by atoms with E-state index in [9.17, 15) is 0 Å². The molecule has 3 aliphatic rings. The Labute approximate surface area is 143 Å². The molecule has 0 unspecified atom stereocenters. The third-order valence-corrected chi connectivity index (χ3v) is 4.99. The van der Waals surface area contributed by atoms with Crippen LogP contribution in [0, 0.1) is 0 Å². The van der Waals surface area contributed by atoms with Crippen LogP contribution in [0.15, 0.2) is 0 Å². The summed E-state index contributed by atoms with van der Waals surface area (Å²) in [7, 11) is 3.89. The smallest absolute Gasteiger partial charge is 0.164 e. The van der Waals surface area contributed by atoms with Crippen LogP contribution in [0.4, 0.5) is 0 Å². The summed E-state index contributed by atoms with van der Waals surface area (Å²) in [5.74, 6) is -1.21. The second kappa shape index (κ2) is 5.89. The molecule has 6 nitrogen and oxygen atoms in total. The van der Waals surface area contributed by atoms with Crippen molar-refractivity contribution in [3.63, 3.8) is 0 Å². The molecule has 0 aromatic carbocycles. The Bertz CT molecular complexity index is 481. The second-order valence-corrected chi connectivity index (χ2v) is 8.03. The Kier molecular flexibility index (Phi) is 4.49. The van der Waals surface area contributed by atoms with Crippen LogP contribution < -0.4 is 0 Å². The summed E-state index contributed by atoms with van der Waals surface area (Å²) in [6.07, 6.45) is -0.167. The molecule has 0 N–H and O–H groups in total. The highest BCUT2D eigenvalue weighted by molar-refractivity contribution is 7.80. The van der Waals surface area contributed by atoms with Crippen LogP contribution in [0.1, 0.15) is 34.1 Å². The minimum Gasteiger partial charge on any atom is -0.372 e. The van der Waals surface area contributed by atoms with Crippen LogP contribution >= 0.6 is 12.2 Å². The molecule has 0 aliphatic carbocycles. The fraction of sp³-hybridized carbons (Fsp3) is 0.938. The van der Waals surface area contributed by atoms with Gasteiger partial charge in [-0.25, -0.2) is 0 Å². The zero-order valence-electron chi connectivity index (χ0n) is 14.7. The number of fused-ring (bicyclic) bond motifs is 1. The molecule has 0 bridgehead atoms. The number of hydrogen-bond acceptors (Lipinski definition) is 6. The lowest BCUT2D eigenvalue weighted by Crippen LogP contribution is -2.40. The fourth-order valence-electron chi connectivity index (χ4n) is 3.41. The van der Waals surface area contributed by atoms with Crippen molar-refractivity contribution in [1.82, 2.24) is 4.90 Å². The molecule has 3 aliphatic heterocycles. The summed E-state index contributed by atoms with van der Waals surface area (Å²) < 4.78 is 30.1. The zero-order valence-corrected chi connectivity index (χ0v) is 15.5. The summed E-state index contributed by atoms with van der Waals surface area (Å²) in [4.78, 5) is 2.77. The standard InChI is InChI=1S/C16H27NO5S/c1-15(2)18-8-10(20-15)12-14-13(21-16(3,4)22-14)9(19-12)7-11(23)17(5)6/h9-10,12-14H,7-8H2,1-6H3/t9-,10+,12+,13+,14-/m0/s1. The van der Waals surface area contributed by atoms with Crippen LogP contribution in [0.2, 0.25) is 0 Å². The van der Waals surface area contributed by atoms with Crippen LogP contribution in [-0.2, 0) is 23.7 Å². The SMILES string of the molecule is CN(C)C(=S)C[C@@H]1O[C@H]([C@H]2COC(C)(C)O2)[C@@H]2OC(C)(C)O[C@@H]21. The highest BCUT2D eigenvalue weighted by atomic mass is 32.1. The van der Waals surface area contributed by atoms with Crippen molar-refractivity contribution in [3.05, 3.63) is 0 Å². The molecular formula is C16H27NO5S. The molecule has 132 valence electrons. The van der Waals surface area contributed by atoms with E-state index >= 15 is 0 Å². The van der Waals surface area contributed by atoms with Crippen LogP contribution in [0.3, 0.4) is 0 Å². The van der Waals surface area contributed by atoms with E-state index in [0.29, 0.717) is 13.0 Å². The molecule has 23 heavy (non-hydrogen) atoms. The van der Waals surface area contributed by atoms with Gasteiger partial charge in [0.1, 0.15) is 24.4 Å². The minimum atomic E-state index is -0.621. The van der Waals surface area contributed by atoms with E-state index in [1.54, 1.807) is 0 Å². The van der Waals surface area contributed by atoms with E-state index in [1.807, 2.05) is 46.7 Å². The van der Waals surface area contributed by atoms with Gasteiger partial charge in [0.05, 0.1) is 17.7 Å². The molecule has 0 aromatic rings. The molecule has 7 heteroatoms. The maximum absolute atomic E-state index is 6.25. The third kappa shape index (κ3) is 3.55. The Morgan fingerprint density at radius 3 is 2.22 bits per heavy atom. The van der Waals surface area contributed by atoms with Crippen molar-refractivity contribution >= 4 is 17.2 Å². The largest absolute Gasteiger partial charge is 0.372 e. The van der Waals surface area contributed by atoms with Gasteiger partial charge in [0.15, 0.2) is 11.6 Å². The summed E-state index contributed by atoms with van der Waals surface area (Å²) in [6, 6.07) is 0. The average molecular weight is 345 g/mol. The Morgan fingerprint density at radius 2 is 1.65 bits per heavy atom. The summed E-state index contributed by atoms with van der Waals surface area (Å²) in [5.41, 5.74) is 0. The summed E-state index contributed by atoms with van der Waals surface area (Å²) in [6.45, 7) is 8.18. The summed E-state index contributed by atoms with van der Waals surface area (Å²) >= 11 is 5.44. The lowest BCUT2D eigenvalue weighted by Gasteiger charge is -2.27. The zero-order chi connectivity index (χ0) is 17.0. The molecule has 0 aromatic heterocycles. The Hall–Kier alpha value is -0.310. The molecule has 0 amide bonds. The van der Waals surface area contributed by atoms with Crippen molar-refractivity contribution in [2.45, 2.75) is 76.2 Å². The maximum Gasteiger partial charge on any atom is 0.164 e. The van der Waals surface area contributed by atoms with Crippen LogP contribution in [-0.4, -0.2) is 72.7 Å². The van der Waals surface area contributed by atoms with Crippen molar-refractivity contribution in [1.29, 1.82) is 0 Å².